The van der Waals surface area contributed by atoms with E-state index in [9.17, 15) is 4.79 Å². The predicted octanol–water partition coefficient (Wildman–Crippen LogP) is 0.916. The number of halogens is 1. The monoisotopic (exact) mass is 187 g/mol. The third-order valence-electron chi connectivity index (χ3n) is 1.51. The molecule has 0 bridgehead atoms. The second-order valence-corrected chi connectivity index (χ2v) is 2.63. The largest absolute Gasteiger partial charge is 0.355 e. The number of hydrogen-bond donors (Lipinski definition) is 1. The molecule has 5 heteroatoms. The molecule has 0 aliphatic carbocycles. The summed E-state index contributed by atoms with van der Waals surface area (Å²) in [6.07, 6.45) is 1.63. The van der Waals surface area contributed by atoms with Gasteiger partial charge in [-0.15, -0.1) is 0 Å². The summed E-state index contributed by atoms with van der Waals surface area (Å²) in [5, 5.41) is 6.65. The molecule has 12 heavy (non-hydrogen) atoms. The molecular formula is C7H10ClN3O. The maximum absolute atomic E-state index is 11.1. The first kappa shape index (κ1) is 9.06. The van der Waals surface area contributed by atoms with E-state index in [1.165, 1.54) is 0 Å². The van der Waals surface area contributed by atoms with Gasteiger partial charge in [0.15, 0.2) is 5.15 Å². The zero-order valence-electron chi connectivity index (χ0n) is 6.97. The Morgan fingerprint density at radius 2 is 2.50 bits per heavy atom. The summed E-state index contributed by atoms with van der Waals surface area (Å²) in [4.78, 5) is 11.1. The number of hydrogen-bond acceptors (Lipinski definition) is 2. The van der Waals surface area contributed by atoms with Crippen LogP contribution in [0.15, 0.2) is 6.20 Å². The zero-order valence-corrected chi connectivity index (χ0v) is 7.72. The standard InChI is InChI=1S/C7H10ClN3O/c1-3-11-4-5(6(8)10-11)7(12)9-2/h4H,3H2,1-2H3,(H,9,12). The number of carbonyl (C=O) groups excluding carboxylic acids is 1. The average molecular weight is 188 g/mol. The average Bonchev–Trinajstić information content (AvgIpc) is 2.45. The van der Waals surface area contributed by atoms with E-state index in [2.05, 4.69) is 10.4 Å². The van der Waals surface area contributed by atoms with Crippen molar-refractivity contribution in [2.45, 2.75) is 13.5 Å². The van der Waals surface area contributed by atoms with Crippen molar-refractivity contribution < 1.29 is 4.79 Å². The van der Waals surface area contributed by atoms with E-state index in [1.807, 2.05) is 6.92 Å². The van der Waals surface area contributed by atoms with Crippen LogP contribution in [-0.2, 0) is 6.54 Å². The van der Waals surface area contributed by atoms with Gasteiger partial charge in [-0.3, -0.25) is 9.48 Å². The molecule has 0 aromatic carbocycles. The van der Waals surface area contributed by atoms with Gasteiger partial charge in [-0.1, -0.05) is 11.6 Å². The molecule has 1 rings (SSSR count). The second-order valence-electron chi connectivity index (χ2n) is 2.27. The molecule has 4 nitrogen and oxygen atoms in total. The van der Waals surface area contributed by atoms with Crippen molar-refractivity contribution in [1.82, 2.24) is 15.1 Å². The fourth-order valence-electron chi connectivity index (χ4n) is 0.847. The number of aryl methyl sites for hydroxylation is 1. The molecule has 66 valence electrons. The maximum Gasteiger partial charge on any atom is 0.255 e. The highest BCUT2D eigenvalue weighted by atomic mass is 35.5. The molecular weight excluding hydrogens is 178 g/mol. The number of rotatable bonds is 2. The van der Waals surface area contributed by atoms with Crippen LogP contribution in [-0.4, -0.2) is 22.7 Å². The van der Waals surface area contributed by atoms with Crippen molar-refractivity contribution >= 4 is 17.5 Å². The molecule has 1 heterocycles. The van der Waals surface area contributed by atoms with Gasteiger partial charge in [0.05, 0.1) is 5.56 Å². The van der Waals surface area contributed by atoms with Crippen LogP contribution in [0, 0.1) is 0 Å². The van der Waals surface area contributed by atoms with E-state index in [0.717, 1.165) is 0 Å². The Morgan fingerprint density at radius 1 is 1.83 bits per heavy atom. The minimum Gasteiger partial charge on any atom is -0.355 e. The lowest BCUT2D eigenvalue weighted by molar-refractivity contribution is 0.0963. The van der Waals surface area contributed by atoms with Crippen molar-refractivity contribution in [3.8, 4) is 0 Å². The van der Waals surface area contributed by atoms with Gasteiger partial charge in [0.25, 0.3) is 5.91 Å². The van der Waals surface area contributed by atoms with Gasteiger partial charge in [-0.25, -0.2) is 0 Å². The van der Waals surface area contributed by atoms with Crippen molar-refractivity contribution in [3.05, 3.63) is 16.9 Å². The molecule has 0 spiro atoms. The summed E-state index contributed by atoms with van der Waals surface area (Å²) in [6.45, 7) is 2.63. The van der Waals surface area contributed by atoms with E-state index in [1.54, 1.807) is 17.9 Å². The molecule has 1 amide bonds. The quantitative estimate of drug-likeness (QED) is 0.749. The molecule has 0 saturated carbocycles. The van der Waals surface area contributed by atoms with Gasteiger partial charge in [0.1, 0.15) is 0 Å². The molecule has 1 aromatic heterocycles. The van der Waals surface area contributed by atoms with E-state index in [4.69, 9.17) is 11.6 Å². The van der Waals surface area contributed by atoms with Crippen molar-refractivity contribution in [3.63, 3.8) is 0 Å². The fraction of sp³-hybridized carbons (Fsp3) is 0.429. The molecule has 0 aliphatic heterocycles. The Bertz CT molecular complexity index is 295. The van der Waals surface area contributed by atoms with Crippen LogP contribution in [0.5, 0.6) is 0 Å². The van der Waals surface area contributed by atoms with Crippen LogP contribution < -0.4 is 5.32 Å². The number of carbonyl (C=O) groups is 1. The van der Waals surface area contributed by atoms with Gasteiger partial charge >= 0.3 is 0 Å². The molecule has 0 unspecified atom stereocenters. The molecule has 0 fully saturated rings. The van der Waals surface area contributed by atoms with Gasteiger partial charge in [-0.2, -0.15) is 5.10 Å². The number of amides is 1. The van der Waals surface area contributed by atoms with Crippen LogP contribution in [0.2, 0.25) is 5.15 Å². The second kappa shape index (κ2) is 3.58. The number of nitrogens with zero attached hydrogens (tertiary/aromatic N) is 2. The Morgan fingerprint density at radius 3 is 2.92 bits per heavy atom. The number of nitrogens with one attached hydrogen (secondary N) is 1. The highest BCUT2D eigenvalue weighted by Crippen LogP contribution is 2.12. The molecule has 0 radical (unpaired) electrons. The zero-order chi connectivity index (χ0) is 9.14. The van der Waals surface area contributed by atoms with E-state index >= 15 is 0 Å². The SMILES string of the molecule is CCn1cc(C(=O)NC)c(Cl)n1. The molecule has 1 N–H and O–H groups in total. The Balaban J connectivity index is 2.99. The smallest absolute Gasteiger partial charge is 0.255 e. The first-order valence-corrected chi connectivity index (χ1v) is 4.01. The third kappa shape index (κ3) is 1.58. The Hall–Kier alpha value is -1.03. The molecule has 0 saturated heterocycles. The summed E-state index contributed by atoms with van der Waals surface area (Å²) < 4.78 is 1.62. The normalized spacial score (nSPS) is 9.92. The molecule has 1 aromatic rings. The van der Waals surface area contributed by atoms with E-state index in [0.29, 0.717) is 12.1 Å². The van der Waals surface area contributed by atoms with Gasteiger partial charge in [0, 0.05) is 19.8 Å². The maximum atomic E-state index is 11.1. The van der Waals surface area contributed by atoms with Crippen LogP contribution >= 0.6 is 11.6 Å². The summed E-state index contributed by atoms with van der Waals surface area (Å²) in [6, 6.07) is 0. The third-order valence-corrected chi connectivity index (χ3v) is 1.79. The minimum atomic E-state index is -0.209. The highest BCUT2D eigenvalue weighted by Gasteiger charge is 2.12. The first-order valence-electron chi connectivity index (χ1n) is 3.64. The Labute approximate surface area is 75.5 Å². The fourth-order valence-corrected chi connectivity index (χ4v) is 1.08. The molecule has 0 atom stereocenters. The summed E-state index contributed by atoms with van der Waals surface area (Å²) in [5.41, 5.74) is 0.418. The van der Waals surface area contributed by atoms with Crippen LogP contribution in [0.4, 0.5) is 0 Å². The van der Waals surface area contributed by atoms with Gasteiger partial charge in [-0.05, 0) is 6.92 Å². The van der Waals surface area contributed by atoms with Crippen molar-refractivity contribution in [2.24, 2.45) is 0 Å². The number of aromatic nitrogens is 2. The van der Waals surface area contributed by atoms with Gasteiger partial charge < -0.3 is 5.32 Å². The summed E-state index contributed by atoms with van der Waals surface area (Å²) >= 11 is 5.70. The first-order chi connectivity index (χ1) is 5.69. The van der Waals surface area contributed by atoms with Crippen molar-refractivity contribution in [2.75, 3.05) is 7.05 Å². The topological polar surface area (TPSA) is 46.9 Å². The predicted molar refractivity (Wildman–Crippen MR) is 46.3 cm³/mol. The summed E-state index contributed by atoms with van der Waals surface area (Å²) in [7, 11) is 1.56. The summed E-state index contributed by atoms with van der Waals surface area (Å²) in [5.74, 6) is -0.209. The highest BCUT2D eigenvalue weighted by molar-refractivity contribution is 6.32. The molecule has 0 aliphatic rings. The van der Waals surface area contributed by atoms with Crippen molar-refractivity contribution in [1.29, 1.82) is 0 Å². The van der Waals surface area contributed by atoms with Crippen LogP contribution in [0.1, 0.15) is 17.3 Å². The lowest BCUT2D eigenvalue weighted by Gasteiger charge is -1.93. The minimum absolute atomic E-state index is 0.209. The lowest BCUT2D eigenvalue weighted by atomic mass is 10.3. The van der Waals surface area contributed by atoms with Gasteiger partial charge in [0.2, 0.25) is 0 Å². The van der Waals surface area contributed by atoms with E-state index in [-0.39, 0.29) is 11.1 Å². The van der Waals surface area contributed by atoms with Crippen LogP contribution in [0.3, 0.4) is 0 Å². The van der Waals surface area contributed by atoms with E-state index < -0.39 is 0 Å². The van der Waals surface area contributed by atoms with Crippen LogP contribution in [0.25, 0.3) is 0 Å². The Kier molecular flexibility index (Phi) is 2.70. The lowest BCUT2D eigenvalue weighted by Crippen LogP contribution is -2.17.